The van der Waals surface area contributed by atoms with Crippen LogP contribution in [0.4, 0.5) is 30.7 Å². The van der Waals surface area contributed by atoms with Crippen LogP contribution in [0.3, 0.4) is 0 Å². The van der Waals surface area contributed by atoms with Crippen molar-refractivity contribution in [3.8, 4) is 0 Å². The minimum absolute atomic E-state index is 0.236. The highest BCUT2D eigenvalue weighted by Gasteiger charge is 2.72. The first-order chi connectivity index (χ1) is 10.1. The molecule has 0 fully saturated rings. The zero-order valence-corrected chi connectivity index (χ0v) is 13.3. The molecule has 0 heterocycles. The van der Waals surface area contributed by atoms with Gasteiger partial charge in [0.2, 0.25) is 0 Å². The van der Waals surface area contributed by atoms with Crippen molar-refractivity contribution in [2.24, 2.45) is 0 Å². The van der Waals surface area contributed by atoms with Crippen LogP contribution < -0.4 is 0 Å². The van der Waals surface area contributed by atoms with Crippen molar-refractivity contribution >= 4 is 12.6 Å². The number of alkyl halides is 7. The lowest BCUT2D eigenvalue weighted by Crippen LogP contribution is -2.51. The predicted octanol–water partition coefficient (Wildman–Crippen LogP) is 6.65. The lowest BCUT2D eigenvalue weighted by Gasteiger charge is -2.28. The minimum Gasteiger partial charge on any atom is -0.200 e. The first-order valence-corrected chi connectivity index (χ1v) is 8.13. The standard InChI is InChI=1S/C14H23F7S/c15-12(16,13(17,18)14(19,20)21)10-8-6-4-2-1-3-5-7-9-11-22/h22H,1-11H2. The van der Waals surface area contributed by atoms with Crippen LogP contribution in [0.2, 0.25) is 0 Å². The molecule has 0 aromatic carbocycles. The maximum Gasteiger partial charge on any atom is 0.459 e. The van der Waals surface area contributed by atoms with Crippen LogP contribution in [0.1, 0.15) is 64.2 Å². The summed E-state index contributed by atoms with van der Waals surface area (Å²) in [6, 6.07) is 0. The SMILES string of the molecule is FC(F)(F)C(F)(F)C(F)(F)CCCCCCCCCCCS. The average molecular weight is 356 g/mol. The molecule has 0 aliphatic rings. The zero-order chi connectivity index (χ0) is 17.3. The average Bonchev–Trinajstić information content (AvgIpc) is 2.39. The summed E-state index contributed by atoms with van der Waals surface area (Å²) in [6.45, 7) is 0. The molecule has 0 radical (unpaired) electrons. The molecule has 0 rings (SSSR count). The number of unbranched alkanes of at least 4 members (excludes halogenated alkanes) is 8. The zero-order valence-electron chi connectivity index (χ0n) is 12.4. The molecule has 0 N–H and O–H groups in total. The van der Waals surface area contributed by atoms with Crippen LogP contribution in [0, 0.1) is 0 Å². The molecular formula is C14H23F7S. The van der Waals surface area contributed by atoms with Gasteiger partial charge < -0.3 is 0 Å². The van der Waals surface area contributed by atoms with Gasteiger partial charge in [-0.05, 0) is 18.6 Å². The van der Waals surface area contributed by atoms with Crippen molar-refractivity contribution in [2.45, 2.75) is 82.2 Å². The Morgan fingerprint density at radius 1 is 0.545 bits per heavy atom. The molecule has 0 saturated carbocycles. The van der Waals surface area contributed by atoms with E-state index in [1.807, 2.05) is 0 Å². The van der Waals surface area contributed by atoms with Crippen molar-refractivity contribution in [2.75, 3.05) is 5.75 Å². The summed E-state index contributed by atoms with van der Waals surface area (Å²) in [6.07, 6.45) is -1.28. The highest BCUT2D eigenvalue weighted by molar-refractivity contribution is 7.80. The van der Waals surface area contributed by atoms with Crippen molar-refractivity contribution in [3.05, 3.63) is 0 Å². The quantitative estimate of drug-likeness (QED) is 0.226. The van der Waals surface area contributed by atoms with Crippen LogP contribution in [0.25, 0.3) is 0 Å². The maximum absolute atomic E-state index is 13.0. The van der Waals surface area contributed by atoms with E-state index in [0.29, 0.717) is 6.42 Å². The van der Waals surface area contributed by atoms with Gasteiger partial charge in [0.1, 0.15) is 0 Å². The van der Waals surface area contributed by atoms with Crippen molar-refractivity contribution < 1.29 is 30.7 Å². The van der Waals surface area contributed by atoms with Gasteiger partial charge in [0.25, 0.3) is 0 Å². The highest BCUT2D eigenvalue weighted by Crippen LogP contribution is 2.48. The third-order valence-electron chi connectivity index (χ3n) is 3.46. The first kappa shape index (κ1) is 21.9. The third-order valence-corrected chi connectivity index (χ3v) is 3.78. The van der Waals surface area contributed by atoms with Crippen LogP contribution in [0.5, 0.6) is 0 Å². The summed E-state index contributed by atoms with van der Waals surface area (Å²) >= 11 is 4.08. The number of halogens is 7. The molecule has 0 saturated heterocycles. The number of hydrogen-bond donors (Lipinski definition) is 1. The van der Waals surface area contributed by atoms with E-state index >= 15 is 0 Å². The number of rotatable bonds is 12. The fraction of sp³-hybridized carbons (Fsp3) is 1.00. The van der Waals surface area contributed by atoms with Gasteiger partial charge in [-0.3, -0.25) is 0 Å². The van der Waals surface area contributed by atoms with Gasteiger partial charge >= 0.3 is 18.0 Å². The fourth-order valence-electron chi connectivity index (χ4n) is 2.06. The second-order valence-electron chi connectivity index (χ2n) is 5.43. The van der Waals surface area contributed by atoms with E-state index in [-0.39, 0.29) is 12.8 Å². The van der Waals surface area contributed by atoms with E-state index in [4.69, 9.17) is 0 Å². The van der Waals surface area contributed by atoms with E-state index in [2.05, 4.69) is 12.6 Å². The Labute approximate surface area is 132 Å². The molecule has 0 aliphatic heterocycles. The second-order valence-corrected chi connectivity index (χ2v) is 5.88. The van der Waals surface area contributed by atoms with E-state index in [0.717, 1.165) is 44.3 Å². The smallest absolute Gasteiger partial charge is 0.200 e. The van der Waals surface area contributed by atoms with E-state index in [1.54, 1.807) is 0 Å². The lowest BCUT2D eigenvalue weighted by molar-refractivity contribution is -0.355. The van der Waals surface area contributed by atoms with E-state index < -0.39 is 24.4 Å². The van der Waals surface area contributed by atoms with Crippen LogP contribution in [-0.4, -0.2) is 23.8 Å². The molecular weight excluding hydrogens is 333 g/mol. The Morgan fingerprint density at radius 3 is 1.27 bits per heavy atom. The molecule has 0 aliphatic carbocycles. The molecule has 0 aromatic heterocycles. The van der Waals surface area contributed by atoms with Gasteiger partial charge in [0.05, 0.1) is 0 Å². The Hall–Kier alpha value is -0.140. The molecule has 0 unspecified atom stereocenters. The van der Waals surface area contributed by atoms with Gasteiger partial charge in [-0.1, -0.05) is 44.9 Å². The van der Waals surface area contributed by atoms with Gasteiger partial charge in [0, 0.05) is 6.42 Å². The van der Waals surface area contributed by atoms with Crippen LogP contribution in [0.15, 0.2) is 0 Å². The summed E-state index contributed by atoms with van der Waals surface area (Å²) in [5.41, 5.74) is 0. The van der Waals surface area contributed by atoms with Crippen LogP contribution >= 0.6 is 12.6 Å². The minimum atomic E-state index is -6.22. The van der Waals surface area contributed by atoms with Crippen molar-refractivity contribution in [1.29, 1.82) is 0 Å². The lowest BCUT2D eigenvalue weighted by atomic mass is 10.0. The number of hydrogen-bond acceptors (Lipinski definition) is 1. The fourth-order valence-corrected chi connectivity index (χ4v) is 2.28. The Morgan fingerprint density at radius 2 is 0.909 bits per heavy atom. The van der Waals surface area contributed by atoms with Crippen molar-refractivity contribution in [1.82, 2.24) is 0 Å². The first-order valence-electron chi connectivity index (χ1n) is 7.49. The summed E-state index contributed by atoms with van der Waals surface area (Å²) in [5, 5.41) is 0. The van der Waals surface area contributed by atoms with E-state index in [9.17, 15) is 30.7 Å². The maximum atomic E-state index is 13.0. The normalized spacial score (nSPS) is 13.6. The molecule has 134 valence electrons. The van der Waals surface area contributed by atoms with Crippen LogP contribution in [-0.2, 0) is 0 Å². The highest BCUT2D eigenvalue weighted by atomic mass is 32.1. The van der Waals surface area contributed by atoms with Gasteiger partial charge in [-0.15, -0.1) is 0 Å². The predicted molar refractivity (Wildman–Crippen MR) is 76.0 cm³/mol. The summed E-state index contributed by atoms with van der Waals surface area (Å²) in [5.74, 6) is -10.2. The molecule has 0 amide bonds. The van der Waals surface area contributed by atoms with Gasteiger partial charge in [-0.25, -0.2) is 0 Å². The van der Waals surface area contributed by atoms with Gasteiger partial charge in [-0.2, -0.15) is 43.4 Å². The molecule has 0 atom stereocenters. The number of thiol groups is 1. The largest absolute Gasteiger partial charge is 0.459 e. The molecule has 0 bridgehead atoms. The molecule has 22 heavy (non-hydrogen) atoms. The van der Waals surface area contributed by atoms with E-state index in [1.165, 1.54) is 0 Å². The topological polar surface area (TPSA) is 0 Å². The molecule has 0 spiro atoms. The Bertz CT molecular complexity index is 289. The second kappa shape index (κ2) is 9.88. The molecule has 8 heteroatoms. The van der Waals surface area contributed by atoms with Crippen molar-refractivity contribution in [3.63, 3.8) is 0 Å². The Balaban J connectivity index is 3.78. The molecule has 0 aromatic rings. The summed E-state index contributed by atoms with van der Waals surface area (Å²) in [4.78, 5) is 0. The Kier molecular flexibility index (Phi) is 9.82. The molecule has 0 nitrogen and oxygen atoms in total. The summed E-state index contributed by atoms with van der Waals surface area (Å²) in [7, 11) is 0. The van der Waals surface area contributed by atoms with Gasteiger partial charge in [0.15, 0.2) is 0 Å². The monoisotopic (exact) mass is 356 g/mol. The third kappa shape index (κ3) is 7.42. The summed E-state index contributed by atoms with van der Waals surface area (Å²) < 4.78 is 86.8.